The molecule has 0 aliphatic heterocycles. The van der Waals surface area contributed by atoms with Crippen molar-refractivity contribution in [3.63, 3.8) is 0 Å². The first-order valence-corrected chi connectivity index (χ1v) is 8.55. The van der Waals surface area contributed by atoms with Crippen LogP contribution in [0.4, 0.5) is 0 Å². The Hall–Kier alpha value is -2.08. The average molecular weight is 329 g/mol. The second-order valence-electron chi connectivity index (χ2n) is 5.66. The number of nitrogens with zero attached hydrogens (tertiary/aromatic N) is 2. The van der Waals surface area contributed by atoms with Crippen molar-refractivity contribution >= 4 is 28.6 Å². The van der Waals surface area contributed by atoms with Gasteiger partial charge in [-0.3, -0.25) is 14.2 Å². The fraction of sp³-hybridized carbons (Fsp3) is 0.353. The van der Waals surface area contributed by atoms with Gasteiger partial charge in [-0.05, 0) is 31.9 Å². The highest BCUT2D eigenvalue weighted by Crippen LogP contribution is 2.24. The summed E-state index contributed by atoms with van der Waals surface area (Å²) in [6.07, 6.45) is 3.77. The first-order valence-electron chi connectivity index (χ1n) is 7.67. The standard InChI is InChI=1S/C17H19N3O2S/c1-3-10-20-16(22)13-6-4-5-7-14(13)19-17(20)23-11(2)15(21)18-12-8-9-12/h3-7,11-12H,1,8-10H2,2H3,(H,18,21)/t11-/m1/s1. The second kappa shape index (κ2) is 6.58. The van der Waals surface area contributed by atoms with Gasteiger partial charge in [0.15, 0.2) is 5.16 Å². The molecule has 2 aromatic rings. The number of hydrogen-bond acceptors (Lipinski definition) is 4. The Morgan fingerprint density at radius 2 is 2.26 bits per heavy atom. The number of allylic oxidation sites excluding steroid dienone is 1. The van der Waals surface area contributed by atoms with Gasteiger partial charge in [-0.25, -0.2) is 4.98 Å². The second-order valence-corrected chi connectivity index (χ2v) is 6.97. The van der Waals surface area contributed by atoms with Gasteiger partial charge in [0, 0.05) is 12.6 Å². The topological polar surface area (TPSA) is 64.0 Å². The first kappa shape index (κ1) is 15.8. The van der Waals surface area contributed by atoms with Crippen LogP contribution < -0.4 is 10.9 Å². The van der Waals surface area contributed by atoms with Gasteiger partial charge in [0.25, 0.3) is 5.56 Å². The van der Waals surface area contributed by atoms with Crippen LogP contribution >= 0.6 is 11.8 Å². The number of thioether (sulfide) groups is 1. The Balaban J connectivity index is 1.94. The summed E-state index contributed by atoms with van der Waals surface area (Å²) in [7, 11) is 0. The minimum absolute atomic E-state index is 0.00920. The molecule has 1 aromatic heterocycles. The van der Waals surface area contributed by atoms with E-state index in [9.17, 15) is 9.59 Å². The van der Waals surface area contributed by atoms with E-state index >= 15 is 0 Å². The first-order chi connectivity index (χ1) is 11.1. The van der Waals surface area contributed by atoms with Crippen molar-refractivity contribution < 1.29 is 4.79 Å². The van der Waals surface area contributed by atoms with Gasteiger partial charge >= 0.3 is 0 Å². The molecule has 6 heteroatoms. The quantitative estimate of drug-likeness (QED) is 0.502. The summed E-state index contributed by atoms with van der Waals surface area (Å²) in [5, 5.41) is 3.80. The number of para-hydroxylation sites is 1. The summed E-state index contributed by atoms with van der Waals surface area (Å²) in [6.45, 7) is 5.91. The zero-order valence-electron chi connectivity index (χ0n) is 13.0. The Kier molecular flexibility index (Phi) is 4.52. The fourth-order valence-corrected chi connectivity index (χ4v) is 3.21. The number of amides is 1. The summed E-state index contributed by atoms with van der Waals surface area (Å²) in [4.78, 5) is 29.4. The molecule has 5 nitrogen and oxygen atoms in total. The molecule has 3 rings (SSSR count). The van der Waals surface area contributed by atoms with Crippen molar-refractivity contribution in [2.45, 2.75) is 42.8 Å². The molecule has 0 saturated heterocycles. The average Bonchev–Trinajstić information content (AvgIpc) is 3.35. The Labute approximate surface area is 138 Å². The van der Waals surface area contributed by atoms with Crippen LogP contribution in [0.15, 0.2) is 46.9 Å². The zero-order valence-corrected chi connectivity index (χ0v) is 13.8. The van der Waals surface area contributed by atoms with E-state index in [4.69, 9.17) is 0 Å². The van der Waals surface area contributed by atoms with E-state index in [0.29, 0.717) is 28.6 Å². The number of carbonyl (C=O) groups excluding carboxylic acids is 1. The van der Waals surface area contributed by atoms with Crippen molar-refractivity contribution in [1.29, 1.82) is 0 Å². The molecule has 1 atom stereocenters. The van der Waals surface area contributed by atoms with E-state index in [-0.39, 0.29) is 16.7 Å². The van der Waals surface area contributed by atoms with Crippen LogP contribution in [-0.4, -0.2) is 26.8 Å². The minimum Gasteiger partial charge on any atom is -0.352 e. The lowest BCUT2D eigenvalue weighted by Gasteiger charge is -2.15. The maximum atomic E-state index is 12.6. The molecule has 120 valence electrons. The SMILES string of the molecule is C=CCn1c(S[C@H](C)C(=O)NC2CC2)nc2ccccc2c1=O. The molecular weight excluding hydrogens is 310 g/mol. The molecule has 1 N–H and O–H groups in total. The van der Waals surface area contributed by atoms with Crippen LogP contribution in [-0.2, 0) is 11.3 Å². The molecule has 1 aromatic carbocycles. The van der Waals surface area contributed by atoms with Crippen molar-refractivity contribution in [2.24, 2.45) is 0 Å². The van der Waals surface area contributed by atoms with Crippen molar-refractivity contribution in [2.75, 3.05) is 0 Å². The maximum Gasteiger partial charge on any atom is 0.262 e. The molecule has 1 fully saturated rings. The number of carbonyl (C=O) groups is 1. The summed E-state index contributed by atoms with van der Waals surface area (Å²) in [5.74, 6) is -0.00920. The third kappa shape index (κ3) is 3.47. The van der Waals surface area contributed by atoms with Crippen LogP contribution in [0, 0.1) is 0 Å². The van der Waals surface area contributed by atoms with Crippen LogP contribution in [0.3, 0.4) is 0 Å². The largest absolute Gasteiger partial charge is 0.352 e. The number of nitrogens with one attached hydrogen (secondary N) is 1. The number of aromatic nitrogens is 2. The maximum absolute atomic E-state index is 12.6. The molecule has 1 aliphatic rings. The van der Waals surface area contributed by atoms with Gasteiger partial charge in [-0.2, -0.15) is 0 Å². The monoisotopic (exact) mass is 329 g/mol. The normalized spacial score (nSPS) is 15.3. The highest BCUT2D eigenvalue weighted by atomic mass is 32.2. The third-order valence-corrected chi connectivity index (χ3v) is 4.80. The van der Waals surface area contributed by atoms with E-state index in [1.165, 1.54) is 11.8 Å². The molecule has 1 saturated carbocycles. The van der Waals surface area contributed by atoms with E-state index in [0.717, 1.165) is 12.8 Å². The predicted octanol–water partition coefficient (Wildman–Crippen LogP) is 2.34. The highest BCUT2D eigenvalue weighted by Gasteiger charge is 2.26. The van der Waals surface area contributed by atoms with Crippen LogP contribution in [0.5, 0.6) is 0 Å². The Morgan fingerprint density at radius 3 is 2.96 bits per heavy atom. The number of fused-ring (bicyclic) bond motifs is 1. The number of benzene rings is 1. The van der Waals surface area contributed by atoms with E-state index in [2.05, 4.69) is 16.9 Å². The lowest BCUT2D eigenvalue weighted by molar-refractivity contribution is -0.120. The van der Waals surface area contributed by atoms with Gasteiger partial charge in [0.2, 0.25) is 5.91 Å². The van der Waals surface area contributed by atoms with Crippen LogP contribution in [0.25, 0.3) is 10.9 Å². The summed E-state index contributed by atoms with van der Waals surface area (Å²) < 4.78 is 1.57. The van der Waals surface area contributed by atoms with E-state index < -0.39 is 0 Å². The third-order valence-electron chi connectivity index (χ3n) is 3.71. The predicted molar refractivity (Wildman–Crippen MR) is 92.7 cm³/mol. The smallest absolute Gasteiger partial charge is 0.262 e. The minimum atomic E-state index is -0.306. The molecule has 1 amide bonds. The summed E-state index contributed by atoms with van der Waals surface area (Å²) >= 11 is 1.31. The lowest BCUT2D eigenvalue weighted by Crippen LogP contribution is -2.33. The van der Waals surface area contributed by atoms with Crippen LogP contribution in [0.2, 0.25) is 0 Å². The molecular formula is C17H19N3O2S. The number of rotatable bonds is 6. The van der Waals surface area contributed by atoms with E-state index in [1.54, 1.807) is 16.7 Å². The van der Waals surface area contributed by atoms with Gasteiger partial charge in [0.05, 0.1) is 16.2 Å². The molecule has 0 radical (unpaired) electrons. The van der Waals surface area contributed by atoms with Gasteiger partial charge in [0.1, 0.15) is 0 Å². The zero-order chi connectivity index (χ0) is 16.4. The molecule has 23 heavy (non-hydrogen) atoms. The van der Waals surface area contributed by atoms with Crippen molar-refractivity contribution in [3.8, 4) is 0 Å². The van der Waals surface area contributed by atoms with E-state index in [1.807, 2.05) is 25.1 Å². The fourth-order valence-electron chi connectivity index (χ4n) is 2.29. The molecule has 0 bridgehead atoms. The van der Waals surface area contributed by atoms with Crippen molar-refractivity contribution in [3.05, 3.63) is 47.3 Å². The lowest BCUT2D eigenvalue weighted by atomic mass is 10.2. The van der Waals surface area contributed by atoms with Crippen molar-refractivity contribution in [1.82, 2.24) is 14.9 Å². The summed E-state index contributed by atoms with van der Waals surface area (Å²) in [5.41, 5.74) is 0.544. The van der Waals surface area contributed by atoms with Gasteiger partial charge < -0.3 is 5.32 Å². The highest BCUT2D eigenvalue weighted by molar-refractivity contribution is 8.00. The molecule has 1 heterocycles. The molecule has 0 unspecified atom stereocenters. The molecule has 1 aliphatic carbocycles. The summed E-state index contributed by atoms with van der Waals surface area (Å²) in [6, 6.07) is 7.58. The number of hydrogen-bond donors (Lipinski definition) is 1. The Morgan fingerprint density at radius 1 is 1.52 bits per heavy atom. The Bertz CT molecular complexity index is 811. The van der Waals surface area contributed by atoms with Gasteiger partial charge in [-0.1, -0.05) is 30.0 Å². The van der Waals surface area contributed by atoms with Gasteiger partial charge in [-0.15, -0.1) is 6.58 Å². The van der Waals surface area contributed by atoms with Crippen LogP contribution in [0.1, 0.15) is 19.8 Å². The molecule has 0 spiro atoms.